The Balaban J connectivity index is 1.59. The number of nitrogens with zero attached hydrogens (tertiary/aromatic N) is 3. The highest BCUT2D eigenvalue weighted by molar-refractivity contribution is 5.89. The van der Waals surface area contributed by atoms with E-state index in [4.69, 9.17) is 4.74 Å². The minimum absolute atomic E-state index is 0.161. The van der Waals surface area contributed by atoms with Crippen molar-refractivity contribution in [3.63, 3.8) is 0 Å². The second kappa shape index (κ2) is 8.21. The Morgan fingerprint density at radius 2 is 1.82 bits per heavy atom. The molecule has 0 amide bonds. The van der Waals surface area contributed by atoms with Crippen LogP contribution in [0.5, 0.6) is 0 Å². The summed E-state index contributed by atoms with van der Waals surface area (Å²) in [7, 11) is 1.34. The predicted octanol–water partition coefficient (Wildman–Crippen LogP) is 3.12. The Hall–Kier alpha value is -3.22. The van der Waals surface area contributed by atoms with Gasteiger partial charge in [0.05, 0.1) is 18.4 Å². The molecular weight excluding hydrogens is 358 g/mol. The van der Waals surface area contributed by atoms with Crippen molar-refractivity contribution < 1.29 is 19.1 Å². The number of ether oxygens (including phenoxy) is 2. The maximum atomic E-state index is 12.2. The number of rotatable bonds is 6. The third-order valence-corrected chi connectivity index (χ3v) is 4.64. The highest BCUT2D eigenvalue weighted by Crippen LogP contribution is 2.17. The van der Waals surface area contributed by atoms with Gasteiger partial charge >= 0.3 is 11.9 Å². The Morgan fingerprint density at radius 3 is 2.50 bits per heavy atom. The topological polar surface area (TPSA) is 82.8 Å². The van der Waals surface area contributed by atoms with Gasteiger partial charge in [0.15, 0.2) is 5.65 Å². The number of esters is 2. The van der Waals surface area contributed by atoms with E-state index in [0.717, 1.165) is 33.9 Å². The van der Waals surface area contributed by atoms with E-state index in [9.17, 15) is 9.59 Å². The predicted molar refractivity (Wildman–Crippen MR) is 103 cm³/mol. The van der Waals surface area contributed by atoms with E-state index in [2.05, 4.69) is 14.8 Å². The van der Waals surface area contributed by atoms with Crippen molar-refractivity contribution in [2.45, 2.75) is 40.2 Å². The quantitative estimate of drug-likeness (QED) is 0.610. The molecule has 0 aliphatic heterocycles. The smallest absolute Gasteiger partial charge is 0.337 e. The molecule has 2 heterocycles. The van der Waals surface area contributed by atoms with Crippen LogP contribution in [0.25, 0.3) is 5.65 Å². The molecule has 0 unspecified atom stereocenters. The second-order valence-corrected chi connectivity index (χ2v) is 6.67. The monoisotopic (exact) mass is 381 g/mol. The number of aryl methyl sites for hydroxylation is 3. The van der Waals surface area contributed by atoms with Crippen molar-refractivity contribution in [2.75, 3.05) is 7.11 Å². The zero-order valence-electron chi connectivity index (χ0n) is 16.5. The van der Waals surface area contributed by atoms with Crippen LogP contribution in [-0.4, -0.2) is 33.6 Å². The van der Waals surface area contributed by atoms with Crippen LogP contribution >= 0.6 is 0 Å². The van der Waals surface area contributed by atoms with Gasteiger partial charge in [-0.25, -0.2) is 14.3 Å². The molecule has 7 nitrogen and oxygen atoms in total. The number of carbonyl (C=O) groups is 2. The van der Waals surface area contributed by atoms with E-state index >= 15 is 0 Å². The highest BCUT2D eigenvalue weighted by Gasteiger charge is 2.13. The normalized spacial score (nSPS) is 10.9. The number of benzene rings is 1. The molecule has 0 saturated heterocycles. The molecule has 0 radical (unpaired) electrons. The fourth-order valence-electron chi connectivity index (χ4n) is 3.12. The Kier molecular flexibility index (Phi) is 5.73. The van der Waals surface area contributed by atoms with Gasteiger partial charge < -0.3 is 9.47 Å². The van der Waals surface area contributed by atoms with Crippen LogP contribution in [0, 0.1) is 20.8 Å². The highest BCUT2D eigenvalue weighted by atomic mass is 16.5. The van der Waals surface area contributed by atoms with Gasteiger partial charge in [-0.3, -0.25) is 4.79 Å². The van der Waals surface area contributed by atoms with Gasteiger partial charge in [-0.2, -0.15) is 5.10 Å². The zero-order chi connectivity index (χ0) is 20.3. The van der Waals surface area contributed by atoms with E-state index in [-0.39, 0.29) is 19.0 Å². The summed E-state index contributed by atoms with van der Waals surface area (Å²) in [5.74, 6) is -0.681. The van der Waals surface area contributed by atoms with Crippen molar-refractivity contribution in [1.29, 1.82) is 0 Å². The summed E-state index contributed by atoms with van der Waals surface area (Å²) in [5, 5.41) is 4.45. The third-order valence-electron chi connectivity index (χ3n) is 4.64. The minimum Gasteiger partial charge on any atom is -0.465 e. The molecule has 146 valence electrons. The van der Waals surface area contributed by atoms with Crippen LogP contribution in [0.15, 0.2) is 30.3 Å². The number of methoxy groups -OCH3 is 1. The molecule has 3 aromatic rings. The lowest BCUT2D eigenvalue weighted by Crippen LogP contribution is -2.10. The fraction of sp³-hybridized carbons (Fsp3) is 0.333. The maximum absolute atomic E-state index is 12.2. The summed E-state index contributed by atoms with van der Waals surface area (Å²) >= 11 is 0. The first-order valence-corrected chi connectivity index (χ1v) is 9.04. The lowest BCUT2D eigenvalue weighted by molar-refractivity contribution is -0.144. The lowest BCUT2D eigenvalue weighted by Gasteiger charge is -2.11. The van der Waals surface area contributed by atoms with Crippen LogP contribution in [0.3, 0.4) is 0 Å². The van der Waals surface area contributed by atoms with E-state index < -0.39 is 5.97 Å². The molecule has 7 heteroatoms. The summed E-state index contributed by atoms with van der Waals surface area (Å²) in [4.78, 5) is 28.2. The first kappa shape index (κ1) is 19.5. The molecule has 2 aromatic heterocycles. The summed E-state index contributed by atoms with van der Waals surface area (Å²) in [6, 6.07) is 8.71. The molecule has 0 N–H and O–H groups in total. The van der Waals surface area contributed by atoms with Crippen molar-refractivity contribution in [3.05, 3.63) is 64.1 Å². The van der Waals surface area contributed by atoms with Crippen LogP contribution in [0.2, 0.25) is 0 Å². The van der Waals surface area contributed by atoms with Crippen molar-refractivity contribution in [1.82, 2.24) is 14.6 Å². The molecule has 0 atom stereocenters. The molecule has 0 spiro atoms. The fourth-order valence-corrected chi connectivity index (χ4v) is 3.12. The second-order valence-electron chi connectivity index (χ2n) is 6.67. The number of fused-ring (bicyclic) bond motifs is 1. The number of hydrogen-bond acceptors (Lipinski definition) is 6. The van der Waals surface area contributed by atoms with E-state index in [1.54, 1.807) is 24.3 Å². The summed E-state index contributed by atoms with van der Waals surface area (Å²) in [5.41, 5.74) is 5.88. The van der Waals surface area contributed by atoms with Crippen LogP contribution in [-0.2, 0) is 27.3 Å². The van der Waals surface area contributed by atoms with E-state index in [1.807, 2.05) is 31.4 Å². The van der Waals surface area contributed by atoms with Gasteiger partial charge in [-0.1, -0.05) is 12.1 Å². The van der Waals surface area contributed by atoms with Gasteiger partial charge in [-0.05, 0) is 50.5 Å². The lowest BCUT2D eigenvalue weighted by atomic mass is 10.1. The first-order valence-electron chi connectivity index (χ1n) is 9.04. The van der Waals surface area contributed by atoms with Crippen molar-refractivity contribution in [2.24, 2.45) is 0 Å². The van der Waals surface area contributed by atoms with E-state index in [0.29, 0.717) is 12.0 Å². The van der Waals surface area contributed by atoms with Gasteiger partial charge in [0.2, 0.25) is 0 Å². The summed E-state index contributed by atoms with van der Waals surface area (Å²) < 4.78 is 11.8. The molecule has 28 heavy (non-hydrogen) atoms. The van der Waals surface area contributed by atoms with E-state index in [1.165, 1.54) is 7.11 Å². The van der Waals surface area contributed by atoms with Gasteiger partial charge in [-0.15, -0.1) is 0 Å². The van der Waals surface area contributed by atoms with Gasteiger partial charge in [0.1, 0.15) is 6.61 Å². The Morgan fingerprint density at radius 1 is 1.11 bits per heavy atom. The molecule has 3 rings (SSSR count). The van der Waals surface area contributed by atoms with Crippen LogP contribution in [0.4, 0.5) is 0 Å². The summed E-state index contributed by atoms with van der Waals surface area (Å²) in [6.45, 7) is 6.02. The molecule has 0 saturated carbocycles. The van der Waals surface area contributed by atoms with Crippen LogP contribution < -0.4 is 0 Å². The number of carbonyl (C=O) groups excluding carboxylic acids is 2. The Bertz CT molecular complexity index is 1020. The number of aromatic nitrogens is 3. The van der Waals surface area contributed by atoms with Crippen molar-refractivity contribution >= 4 is 17.6 Å². The molecule has 0 fully saturated rings. The molecule has 0 aliphatic carbocycles. The first-order chi connectivity index (χ1) is 13.4. The zero-order valence-corrected chi connectivity index (χ0v) is 16.5. The summed E-state index contributed by atoms with van der Waals surface area (Å²) in [6.07, 6.45) is 0.801. The number of hydrogen-bond donors (Lipinski definition) is 0. The van der Waals surface area contributed by atoms with Crippen molar-refractivity contribution in [3.8, 4) is 0 Å². The van der Waals surface area contributed by atoms with Gasteiger partial charge in [0, 0.05) is 23.9 Å². The SMILES string of the molecule is COC(=O)c1ccc(COC(=O)CCc2c(C)nc3cc(C)nn3c2C)cc1. The molecular formula is C21H23N3O4. The Labute approximate surface area is 163 Å². The standard InChI is InChI=1S/C21H23N3O4/c1-13-11-19-22-14(2)18(15(3)24(19)23-13)9-10-20(25)28-12-16-5-7-17(8-6-16)21(26)27-4/h5-8,11H,9-10,12H2,1-4H3. The average molecular weight is 381 g/mol. The maximum Gasteiger partial charge on any atom is 0.337 e. The molecule has 0 bridgehead atoms. The largest absolute Gasteiger partial charge is 0.465 e. The minimum atomic E-state index is -0.396. The van der Waals surface area contributed by atoms with Crippen LogP contribution in [0.1, 0.15) is 45.0 Å². The average Bonchev–Trinajstić information content (AvgIpc) is 3.06. The third kappa shape index (κ3) is 4.19. The molecule has 0 aliphatic rings. The molecule has 1 aromatic carbocycles. The van der Waals surface area contributed by atoms with Gasteiger partial charge in [0.25, 0.3) is 0 Å².